The summed E-state index contributed by atoms with van der Waals surface area (Å²) in [6, 6.07) is 10.9. The van der Waals surface area contributed by atoms with E-state index in [2.05, 4.69) is 5.32 Å². The van der Waals surface area contributed by atoms with Crippen LogP contribution in [0, 0.1) is 0 Å². The summed E-state index contributed by atoms with van der Waals surface area (Å²) in [7, 11) is 0. The number of alkyl carbamates (subject to hydrolysis) is 1. The Kier molecular flexibility index (Phi) is 5.94. The van der Waals surface area contributed by atoms with Crippen LogP contribution in [0.4, 0.5) is 4.79 Å². The first-order valence-electron chi connectivity index (χ1n) is 8.67. The fourth-order valence-electron chi connectivity index (χ4n) is 3.55. The number of carbonyl (C=O) groups is 1. The Labute approximate surface area is 163 Å². The molecule has 0 saturated heterocycles. The van der Waals surface area contributed by atoms with Crippen molar-refractivity contribution in [1.82, 2.24) is 5.32 Å². The third-order valence-electron chi connectivity index (χ3n) is 4.76. The molecule has 1 amide bonds. The first-order chi connectivity index (χ1) is 12.5. The van der Waals surface area contributed by atoms with Gasteiger partial charge in [-0.25, -0.2) is 4.79 Å². The number of hydrogen-bond acceptors (Lipinski definition) is 3. The van der Waals surface area contributed by atoms with E-state index in [0.29, 0.717) is 23.1 Å². The molecular formula is C20H21Cl2NO3. The van der Waals surface area contributed by atoms with E-state index < -0.39 is 6.09 Å². The second-order valence-electron chi connectivity index (χ2n) is 6.45. The zero-order valence-electron chi connectivity index (χ0n) is 14.5. The molecule has 2 aromatic carbocycles. The Morgan fingerprint density at radius 2 is 2.04 bits per heavy atom. The first kappa shape index (κ1) is 18.9. The number of phenolic OH excluding ortho intramolecular Hbond substituents is 1. The minimum atomic E-state index is -0.416. The fourth-order valence-corrected chi connectivity index (χ4v) is 3.87. The zero-order valence-corrected chi connectivity index (χ0v) is 16.0. The van der Waals surface area contributed by atoms with Gasteiger partial charge < -0.3 is 15.2 Å². The number of amides is 1. The minimum absolute atomic E-state index is 0.00694. The van der Waals surface area contributed by atoms with Crippen LogP contribution < -0.4 is 5.32 Å². The zero-order chi connectivity index (χ0) is 18.7. The van der Waals surface area contributed by atoms with Crippen LogP contribution in [0.15, 0.2) is 36.4 Å². The van der Waals surface area contributed by atoms with Crippen LogP contribution in [-0.4, -0.2) is 23.8 Å². The summed E-state index contributed by atoms with van der Waals surface area (Å²) in [6.45, 7) is 2.11. The Hall–Kier alpha value is -1.91. The van der Waals surface area contributed by atoms with E-state index in [1.165, 1.54) is 5.56 Å². The van der Waals surface area contributed by atoms with E-state index in [1.807, 2.05) is 18.2 Å². The Morgan fingerprint density at radius 1 is 1.23 bits per heavy atom. The second-order valence-corrected chi connectivity index (χ2v) is 7.27. The predicted molar refractivity (Wildman–Crippen MR) is 103 cm³/mol. The van der Waals surface area contributed by atoms with Crippen LogP contribution in [0.25, 0.3) is 0 Å². The molecule has 0 spiro atoms. The van der Waals surface area contributed by atoms with E-state index >= 15 is 0 Å². The van der Waals surface area contributed by atoms with Crippen molar-refractivity contribution in [1.29, 1.82) is 0 Å². The number of nitrogens with one attached hydrogen (secondary N) is 1. The largest absolute Gasteiger partial charge is 0.508 e. The van der Waals surface area contributed by atoms with E-state index in [4.69, 9.17) is 27.9 Å². The number of aryl methyl sites for hydroxylation is 1. The van der Waals surface area contributed by atoms with Gasteiger partial charge in [-0.2, -0.15) is 0 Å². The lowest BCUT2D eigenvalue weighted by molar-refractivity contribution is 0.144. The van der Waals surface area contributed by atoms with Crippen LogP contribution in [0.1, 0.15) is 36.0 Å². The number of rotatable bonds is 4. The number of fused-ring (bicyclic) bond motifs is 1. The highest BCUT2D eigenvalue weighted by atomic mass is 35.5. The van der Waals surface area contributed by atoms with Crippen LogP contribution in [0.2, 0.25) is 10.0 Å². The predicted octanol–water partition coefficient (Wildman–Crippen LogP) is 5.09. The number of carbonyl (C=O) groups excluding carboxylic acids is 1. The lowest BCUT2D eigenvalue weighted by atomic mass is 9.76. The quantitative estimate of drug-likeness (QED) is 0.760. The molecule has 4 nitrogen and oxygen atoms in total. The molecule has 26 heavy (non-hydrogen) atoms. The van der Waals surface area contributed by atoms with Crippen molar-refractivity contribution in [2.45, 2.75) is 38.1 Å². The van der Waals surface area contributed by atoms with Crippen molar-refractivity contribution in [3.05, 3.63) is 63.1 Å². The van der Waals surface area contributed by atoms with Gasteiger partial charge in [-0.1, -0.05) is 35.3 Å². The van der Waals surface area contributed by atoms with Crippen LogP contribution in [0.5, 0.6) is 5.75 Å². The molecule has 0 aromatic heterocycles. The van der Waals surface area contributed by atoms with Gasteiger partial charge in [0.2, 0.25) is 0 Å². The average molecular weight is 394 g/mol. The Morgan fingerprint density at radius 3 is 2.77 bits per heavy atom. The molecule has 2 atom stereocenters. The highest BCUT2D eigenvalue weighted by molar-refractivity contribution is 6.42. The molecule has 0 saturated carbocycles. The summed E-state index contributed by atoms with van der Waals surface area (Å²) in [4.78, 5) is 12.0. The fraction of sp³-hybridized carbons (Fsp3) is 0.350. The Bertz CT molecular complexity index is 810. The lowest BCUT2D eigenvalue weighted by Crippen LogP contribution is -2.42. The highest BCUT2D eigenvalue weighted by Crippen LogP contribution is 2.37. The van der Waals surface area contributed by atoms with Crippen molar-refractivity contribution in [3.63, 3.8) is 0 Å². The van der Waals surface area contributed by atoms with Crippen LogP contribution in [0.3, 0.4) is 0 Å². The van der Waals surface area contributed by atoms with Gasteiger partial charge >= 0.3 is 6.09 Å². The molecule has 6 heteroatoms. The number of hydrogen-bond donors (Lipinski definition) is 2. The van der Waals surface area contributed by atoms with Crippen LogP contribution in [-0.2, 0) is 17.6 Å². The number of benzene rings is 2. The maximum atomic E-state index is 12.0. The maximum Gasteiger partial charge on any atom is 0.407 e. The van der Waals surface area contributed by atoms with Gasteiger partial charge in [0.15, 0.2) is 0 Å². The van der Waals surface area contributed by atoms with E-state index in [9.17, 15) is 9.90 Å². The van der Waals surface area contributed by atoms with Gasteiger partial charge in [0, 0.05) is 12.0 Å². The smallest absolute Gasteiger partial charge is 0.407 e. The molecule has 3 rings (SSSR count). The van der Waals surface area contributed by atoms with Crippen molar-refractivity contribution >= 4 is 29.3 Å². The monoisotopic (exact) mass is 393 g/mol. The highest BCUT2D eigenvalue weighted by Gasteiger charge is 2.31. The number of aromatic hydroxyl groups is 1. The van der Waals surface area contributed by atoms with Crippen LogP contribution >= 0.6 is 23.2 Å². The van der Waals surface area contributed by atoms with Gasteiger partial charge in [-0.05, 0) is 67.1 Å². The summed E-state index contributed by atoms with van der Waals surface area (Å²) in [5.41, 5.74) is 3.26. The molecule has 0 fully saturated rings. The molecule has 2 unspecified atom stereocenters. The molecule has 0 radical (unpaired) electrons. The third kappa shape index (κ3) is 4.25. The van der Waals surface area contributed by atoms with Gasteiger partial charge in [0.25, 0.3) is 0 Å². The van der Waals surface area contributed by atoms with Crippen molar-refractivity contribution in [3.8, 4) is 5.75 Å². The van der Waals surface area contributed by atoms with Crippen molar-refractivity contribution in [2.75, 3.05) is 6.61 Å². The van der Waals surface area contributed by atoms with Crippen molar-refractivity contribution in [2.24, 2.45) is 0 Å². The summed E-state index contributed by atoms with van der Waals surface area (Å²) in [5, 5.41) is 13.9. The summed E-state index contributed by atoms with van der Waals surface area (Å²) in [5.74, 6) is 0.229. The summed E-state index contributed by atoms with van der Waals surface area (Å²) < 4.78 is 5.05. The molecule has 0 bridgehead atoms. The Balaban J connectivity index is 1.92. The second kappa shape index (κ2) is 8.19. The molecular weight excluding hydrogens is 373 g/mol. The number of ether oxygens (including phenoxy) is 1. The van der Waals surface area contributed by atoms with E-state index in [0.717, 1.165) is 24.0 Å². The first-order valence-corrected chi connectivity index (χ1v) is 9.42. The lowest BCUT2D eigenvalue weighted by Gasteiger charge is -2.34. The third-order valence-corrected chi connectivity index (χ3v) is 5.50. The summed E-state index contributed by atoms with van der Waals surface area (Å²) >= 11 is 12.2. The number of phenols is 1. The number of halogens is 2. The SMILES string of the molecule is CCOC(=O)NC1CCc2ccc(O)cc2C1Cc1ccc(Cl)c(Cl)c1. The molecule has 1 aliphatic rings. The maximum absolute atomic E-state index is 12.0. The topological polar surface area (TPSA) is 58.6 Å². The molecule has 2 aromatic rings. The molecule has 0 heterocycles. The summed E-state index contributed by atoms with van der Waals surface area (Å²) in [6.07, 6.45) is 1.90. The molecule has 0 aliphatic heterocycles. The van der Waals surface area contributed by atoms with E-state index in [-0.39, 0.29) is 17.7 Å². The van der Waals surface area contributed by atoms with Gasteiger partial charge in [-0.3, -0.25) is 0 Å². The minimum Gasteiger partial charge on any atom is -0.508 e. The van der Waals surface area contributed by atoms with E-state index in [1.54, 1.807) is 25.1 Å². The average Bonchev–Trinajstić information content (AvgIpc) is 2.60. The van der Waals surface area contributed by atoms with Gasteiger partial charge in [0.1, 0.15) is 5.75 Å². The van der Waals surface area contributed by atoms with Crippen molar-refractivity contribution < 1.29 is 14.6 Å². The standard InChI is InChI=1S/C20H21Cl2NO3/c1-2-26-20(25)23-19-8-5-13-4-6-14(24)11-15(13)16(19)9-12-3-7-17(21)18(22)10-12/h3-4,6-7,10-11,16,19,24H,2,5,8-9H2,1H3,(H,23,25). The van der Waals surface area contributed by atoms with Gasteiger partial charge in [0.05, 0.1) is 16.7 Å². The molecule has 1 aliphatic carbocycles. The normalized spacial score (nSPS) is 18.9. The van der Waals surface area contributed by atoms with Gasteiger partial charge in [-0.15, -0.1) is 0 Å². The molecule has 138 valence electrons. The molecule has 2 N–H and O–H groups in total.